The third-order valence-corrected chi connectivity index (χ3v) is 8.02. The van der Waals surface area contributed by atoms with Crippen LogP contribution in [0.25, 0.3) is 5.69 Å². The molecule has 3 aromatic rings. The number of ether oxygens (including phenoxy) is 1. The second-order valence-electron chi connectivity index (χ2n) is 10.5. The van der Waals surface area contributed by atoms with Gasteiger partial charge in [0.25, 0.3) is 5.91 Å². The third kappa shape index (κ3) is 4.35. The monoisotopic (exact) mass is 526 g/mol. The molecule has 6 rings (SSSR count). The highest BCUT2D eigenvalue weighted by Gasteiger charge is 2.47. The number of rotatable bonds is 6. The van der Waals surface area contributed by atoms with Gasteiger partial charge in [0.05, 0.1) is 18.9 Å². The minimum atomic E-state index is -4.67. The lowest BCUT2D eigenvalue weighted by Crippen LogP contribution is -2.39. The van der Waals surface area contributed by atoms with E-state index < -0.39 is 17.8 Å². The summed E-state index contributed by atoms with van der Waals surface area (Å²) in [6.07, 6.45) is -1.92. The fourth-order valence-corrected chi connectivity index (χ4v) is 5.81. The average Bonchev–Trinajstić information content (AvgIpc) is 3.38. The lowest BCUT2D eigenvalue weighted by Gasteiger charge is -2.29. The number of halogens is 3. The van der Waals surface area contributed by atoms with Crippen molar-refractivity contribution in [1.29, 1.82) is 0 Å². The summed E-state index contributed by atoms with van der Waals surface area (Å²) < 4.78 is 47.8. The summed E-state index contributed by atoms with van der Waals surface area (Å²) in [4.78, 5) is 17.5. The zero-order valence-corrected chi connectivity index (χ0v) is 21.0. The number of carbonyl (C=O) groups excluding carboxylic acids is 1. The van der Waals surface area contributed by atoms with Gasteiger partial charge in [-0.15, -0.1) is 0 Å². The van der Waals surface area contributed by atoms with Gasteiger partial charge in [0.2, 0.25) is 0 Å². The summed E-state index contributed by atoms with van der Waals surface area (Å²) in [6.45, 7) is 2.63. The number of methoxy groups -OCH3 is 1. The number of aromatic nitrogens is 2. The molecule has 7 nitrogen and oxygen atoms in total. The van der Waals surface area contributed by atoms with Crippen LogP contribution in [0.1, 0.15) is 46.6 Å². The number of alkyl halides is 3. The standard InChI is InChI=1S/C28H29F3N4O3/c1-38-22-8-6-20(7-9-22)35-24-23(25(32-35)28(29,30)31)11-15-34(26(24)37)19-4-2-18(3-5-19)27(12-13-27)17-33-14-10-21(36)16-33/h2-9,21,36H,10-17H2,1H3/t21-/m1/s1. The predicted octanol–water partition coefficient (Wildman–Crippen LogP) is 4.20. The van der Waals surface area contributed by atoms with Crippen LogP contribution in [0.5, 0.6) is 5.75 Å². The Balaban J connectivity index is 1.29. The molecule has 10 heteroatoms. The fourth-order valence-electron chi connectivity index (χ4n) is 5.81. The molecule has 2 fully saturated rings. The molecule has 1 atom stereocenters. The SMILES string of the molecule is COc1ccc(-n2nc(C(F)(F)F)c3c2C(=O)N(c2ccc(C4(CN5CC[C@@H](O)C5)CC4)cc2)CC3)cc1. The lowest BCUT2D eigenvalue weighted by atomic mass is 9.94. The largest absolute Gasteiger partial charge is 0.497 e. The molecule has 38 heavy (non-hydrogen) atoms. The van der Waals surface area contributed by atoms with Crippen LogP contribution in [0.3, 0.4) is 0 Å². The molecular formula is C28H29F3N4O3. The maximum absolute atomic E-state index is 13.9. The van der Waals surface area contributed by atoms with Crippen LogP contribution < -0.4 is 9.64 Å². The van der Waals surface area contributed by atoms with Crippen molar-refractivity contribution in [3.05, 3.63) is 71.0 Å². The van der Waals surface area contributed by atoms with E-state index in [0.717, 1.165) is 37.0 Å². The summed E-state index contributed by atoms with van der Waals surface area (Å²) in [5.41, 5.74) is 1.10. The van der Waals surface area contributed by atoms with Crippen molar-refractivity contribution in [3.8, 4) is 11.4 Å². The predicted molar refractivity (Wildman–Crippen MR) is 135 cm³/mol. The van der Waals surface area contributed by atoms with Crippen molar-refractivity contribution in [2.75, 3.05) is 38.2 Å². The number of aliphatic hydroxyl groups excluding tert-OH is 1. The van der Waals surface area contributed by atoms with Crippen LogP contribution in [0.15, 0.2) is 48.5 Å². The number of likely N-dealkylation sites (tertiary alicyclic amines) is 1. The van der Waals surface area contributed by atoms with Gasteiger partial charge in [-0.2, -0.15) is 18.3 Å². The second-order valence-corrected chi connectivity index (χ2v) is 10.5. The van der Waals surface area contributed by atoms with Gasteiger partial charge in [-0.05, 0) is 67.6 Å². The van der Waals surface area contributed by atoms with Gasteiger partial charge in [-0.1, -0.05) is 12.1 Å². The molecule has 3 aliphatic rings. The second kappa shape index (κ2) is 9.13. The zero-order chi connectivity index (χ0) is 26.7. The molecular weight excluding hydrogens is 497 g/mol. The Kier molecular flexibility index (Phi) is 5.99. The molecule has 1 aromatic heterocycles. The van der Waals surface area contributed by atoms with Gasteiger partial charge in [-0.3, -0.25) is 9.69 Å². The van der Waals surface area contributed by atoms with E-state index in [1.54, 1.807) is 24.3 Å². The Morgan fingerprint density at radius 1 is 1.05 bits per heavy atom. The highest BCUT2D eigenvalue weighted by atomic mass is 19.4. The molecule has 3 heterocycles. The molecule has 0 radical (unpaired) electrons. The Hall–Kier alpha value is -3.37. The lowest BCUT2D eigenvalue weighted by molar-refractivity contribution is -0.141. The molecule has 2 aliphatic heterocycles. The topological polar surface area (TPSA) is 70.8 Å². The van der Waals surface area contributed by atoms with Crippen molar-refractivity contribution in [2.45, 2.75) is 43.4 Å². The van der Waals surface area contributed by atoms with E-state index in [1.807, 2.05) is 24.3 Å². The van der Waals surface area contributed by atoms with E-state index in [1.165, 1.54) is 17.6 Å². The van der Waals surface area contributed by atoms with Gasteiger partial charge in [0.1, 0.15) is 11.4 Å². The van der Waals surface area contributed by atoms with Crippen LogP contribution in [0.2, 0.25) is 0 Å². The van der Waals surface area contributed by atoms with E-state index in [0.29, 0.717) is 23.7 Å². The first-order valence-electron chi connectivity index (χ1n) is 12.8. The first-order valence-corrected chi connectivity index (χ1v) is 12.8. The van der Waals surface area contributed by atoms with Crippen molar-refractivity contribution in [3.63, 3.8) is 0 Å². The molecule has 0 bridgehead atoms. The maximum Gasteiger partial charge on any atom is 0.435 e. The van der Waals surface area contributed by atoms with E-state index >= 15 is 0 Å². The molecule has 1 saturated heterocycles. The minimum Gasteiger partial charge on any atom is -0.497 e. The van der Waals surface area contributed by atoms with Crippen LogP contribution >= 0.6 is 0 Å². The van der Waals surface area contributed by atoms with Crippen LogP contribution in [-0.4, -0.2) is 65.1 Å². The molecule has 2 aromatic carbocycles. The summed E-state index contributed by atoms with van der Waals surface area (Å²) in [7, 11) is 1.50. The summed E-state index contributed by atoms with van der Waals surface area (Å²) >= 11 is 0. The molecule has 1 N–H and O–H groups in total. The first-order chi connectivity index (χ1) is 18.2. The molecule has 1 saturated carbocycles. The van der Waals surface area contributed by atoms with Crippen LogP contribution in [0, 0.1) is 0 Å². The number of carbonyl (C=O) groups is 1. The number of benzene rings is 2. The van der Waals surface area contributed by atoms with Crippen LogP contribution in [-0.2, 0) is 18.0 Å². The van der Waals surface area contributed by atoms with E-state index in [9.17, 15) is 23.1 Å². The van der Waals surface area contributed by atoms with E-state index in [-0.39, 0.29) is 35.7 Å². The number of fused-ring (bicyclic) bond motifs is 1. The van der Waals surface area contributed by atoms with E-state index in [4.69, 9.17) is 4.74 Å². The molecule has 200 valence electrons. The number of nitrogens with zero attached hydrogens (tertiary/aromatic N) is 4. The Labute approximate surface area is 218 Å². The Bertz CT molecular complexity index is 1350. The van der Waals surface area contributed by atoms with Gasteiger partial charge in [0, 0.05) is 42.8 Å². The van der Waals surface area contributed by atoms with Gasteiger partial charge in [0.15, 0.2) is 5.69 Å². The molecule has 1 amide bonds. The van der Waals surface area contributed by atoms with Gasteiger partial charge < -0.3 is 14.7 Å². The number of hydrogen-bond acceptors (Lipinski definition) is 5. The highest BCUT2D eigenvalue weighted by molar-refractivity contribution is 6.07. The van der Waals surface area contributed by atoms with Crippen molar-refractivity contribution >= 4 is 11.6 Å². The Morgan fingerprint density at radius 3 is 2.32 bits per heavy atom. The zero-order valence-electron chi connectivity index (χ0n) is 21.0. The highest BCUT2D eigenvalue weighted by Crippen LogP contribution is 2.49. The number of aliphatic hydroxyl groups is 1. The summed E-state index contributed by atoms with van der Waals surface area (Å²) in [5.74, 6) is 0.0400. The van der Waals surface area contributed by atoms with Crippen molar-refractivity contribution < 1.29 is 27.8 Å². The quantitative estimate of drug-likeness (QED) is 0.522. The van der Waals surface area contributed by atoms with Crippen LogP contribution in [0.4, 0.5) is 18.9 Å². The summed E-state index contributed by atoms with van der Waals surface area (Å²) in [5, 5.41) is 13.7. The number of amides is 1. The fraction of sp³-hybridized carbons (Fsp3) is 0.429. The minimum absolute atomic E-state index is 0.0506. The van der Waals surface area contributed by atoms with Gasteiger partial charge in [-0.25, -0.2) is 4.68 Å². The number of anilines is 1. The summed E-state index contributed by atoms with van der Waals surface area (Å²) in [6, 6.07) is 14.2. The van der Waals surface area contributed by atoms with Crippen molar-refractivity contribution in [2.24, 2.45) is 0 Å². The number of β-amino-alcohol motifs (C(OH)–C–C–N with tert-alkyl or cyclic N) is 1. The maximum atomic E-state index is 13.9. The first kappa shape index (κ1) is 24.9. The van der Waals surface area contributed by atoms with Gasteiger partial charge >= 0.3 is 6.18 Å². The average molecular weight is 527 g/mol. The molecule has 0 unspecified atom stereocenters. The Morgan fingerprint density at radius 2 is 1.74 bits per heavy atom. The molecule has 0 spiro atoms. The van der Waals surface area contributed by atoms with E-state index in [2.05, 4.69) is 10.00 Å². The smallest absolute Gasteiger partial charge is 0.435 e. The number of hydrogen-bond donors (Lipinski definition) is 1. The normalized spacial score (nSPS) is 21.0. The third-order valence-electron chi connectivity index (χ3n) is 8.02. The van der Waals surface area contributed by atoms with Crippen molar-refractivity contribution in [1.82, 2.24) is 14.7 Å². The molecule has 1 aliphatic carbocycles.